The lowest BCUT2D eigenvalue weighted by atomic mass is 10.00. The van der Waals surface area contributed by atoms with E-state index in [1.54, 1.807) is 56.3 Å². The molecule has 36 heteroatoms. The molecule has 0 radical (unpaired) electrons. The van der Waals surface area contributed by atoms with Gasteiger partial charge in [0.05, 0.1) is 47.4 Å². The summed E-state index contributed by atoms with van der Waals surface area (Å²) in [5, 5.41) is 50.9. The molecule has 1 heterocycles. The molecule has 0 aliphatic carbocycles. The highest BCUT2D eigenvalue weighted by Crippen LogP contribution is 2.28. The Morgan fingerprint density at radius 1 is 0.589 bits per heavy atom. The van der Waals surface area contributed by atoms with Crippen LogP contribution < -0.4 is 87.2 Å². The summed E-state index contributed by atoms with van der Waals surface area (Å²) in [5.74, 6) is -9.55. The zero-order chi connectivity index (χ0) is 70.0. The summed E-state index contributed by atoms with van der Waals surface area (Å²) in [6.07, 6.45) is 2.31. The number of carbonyl (C=O) groups is 11. The minimum absolute atomic E-state index is 0.00151. The second-order valence-corrected chi connectivity index (χ2v) is 22.0. The zero-order valence-electron chi connectivity index (χ0n) is 52.4. The molecule has 0 unspecified atom stereocenters. The van der Waals surface area contributed by atoms with Crippen LogP contribution in [0.5, 0.6) is 0 Å². The van der Waals surface area contributed by atoms with Gasteiger partial charge in [-0.15, -0.1) is 0 Å². The molecule has 0 spiro atoms. The van der Waals surface area contributed by atoms with E-state index in [4.69, 9.17) is 28.7 Å². The van der Waals surface area contributed by atoms with Crippen LogP contribution in [0.3, 0.4) is 0 Å². The fraction of sp³-hybridized carbons (Fsp3) is 0.441. The topological polar surface area (TPSA) is 578 Å². The molecule has 4 rings (SSSR count). The standard InChI is InChI=1S/C59H83N21O15/c1-34(2)25-44(77-58(91)45(26-35-11-4-3-5-12-35)74-50(83)31-69-49(82)30-70-52(85)38-13-6-7-14-39(38)61)57(90)76-42(16-10-22-68-59(63)64)55(88)75-41(15-8-9-21-60)56(89)78-46(27-36-29-65-33-72-36)54(87)71-32-51(84)73-43(19-20-48(62)81)53(86)67-24-23-66-40-18-17-37(79(92)93)28-47(40)80(94)95/h3-7,11-14,17-18,28-29,33-34,41-46,66H,8-10,15-16,19-27,30-32,60-61H2,1-2H3,(H2,62,81)(H,65,72)(H,67,86)(H,69,82)(H,70,85)(H,71,87)(H,73,84)(H,74,83)(H,75,88)(H,76,90)(H,77,91)(H,78,89)(H4,63,64,68)/t41-,42-,43-,44-,45-,46-/m0/s1. The van der Waals surface area contributed by atoms with E-state index in [0.29, 0.717) is 17.7 Å². The summed E-state index contributed by atoms with van der Waals surface area (Å²) >= 11 is 0. The highest BCUT2D eigenvalue weighted by molar-refractivity contribution is 6.01. The van der Waals surface area contributed by atoms with E-state index in [9.17, 15) is 73.0 Å². The number of benzene rings is 3. The SMILES string of the molecule is CC(C)C[C@H](NC(=O)[C@H](Cc1ccccc1)NC(=O)CNC(=O)CNC(=O)c1ccccc1N)C(=O)N[C@@H](CCCN=C(N)N)C(=O)N[C@@H](CCCCN)C(=O)N[C@@H](Cc1cnc[nH]1)C(=O)NCC(=O)N[C@@H](CCC(N)=O)C(=O)NCCNc1ccc([N+](=O)[O-])cc1[N+](=O)[O-]. The average molecular weight is 1330 g/mol. The molecule has 0 aliphatic rings. The molecular formula is C59H83N21O15. The van der Waals surface area contributed by atoms with Gasteiger partial charge in [-0.05, 0) is 81.2 Å². The minimum atomic E-state index is -1.47. The number of nitro groups is 2. The average Bonchev–Trinajstić information content (AvgIpc) is 1.45. The minimum Gasteiger partial charge on any atom is -0.398 e. The number of nitrogens with one attached hydrogen (secondary N) is 12. The fourth-order valence-electron chi connectivity index (χ4n) is 9.19. The van der Waals surface area contributed by atoms with Crippen LogP contribution in [0, 0.1) is 26.1 Å². The lowest BCUT2D eigenvalue weighted by Crippen LogP contribution is -2.60. The maximum Gasteiger partial charge on any atom is 0.299 e. The van der Waals surface area contributed by atoms with Crippen molar-refractivity contribution in [1.82, 2.24) is 63.1 Å². The molecule has 0 saturated heterocycles. The third kappa shape index (κ3) is 28.0. The summed E-state index contributed by atoms with van der Waals surface area (Å²) in [4.78, 5) is 181. The predicted octanol–water partition coefficient (Wildman–Crippen LogP) is -3.11. The number of aromatic nitrogens is 2. The number of rotatable bonds is 42. The predicted molar refractivity (Wildman–Crippen MR) is 345 cm³/mol. The first-order valence-corrected chi connectivity index (χ1v) is 30.2. The zero-order valence-corrected chi connectivity index (χ0v) is 52.4. The number of aromatic amines is 1. The van der Waals surface area contributed by atoms with Gasteiger partial charge in [-0.2, -0.15) is 0 Å². The number of guanidine groups is 1. The number of hydrogen-bond acceptors (Lipinski definition) is 20. The third-order valence-corrected chi connectivity index (χ3v) is 14.0. The van der Waals surface area contributed by atoms with Gasteiger partial charge in [0.2, 0.25) is 59.1 Å². The Morgan fingerprint density at radius 2 is 1.16 bits per heavy atom. The van der Waals surface area contributed by atoms with E-state index < -0.39 is 142 Å². The van der Waals surface area contributed by atoms with Crippen molar-refractivity contribution in [3.63, 3.8) is 0 Å². The summed E-state index contributed by atoms with van der Waals surface area (Å²) < 4.78 is 0. The first kappa shape index (κ1) is 76.1. The summed E-state index contributed by atoms with van der Waals surface area (Å²) in [6.45, 7) is 1.51. The number of non-ortho nitro benzene ring substituents is 1. The van der Waals surface area contributed by atoms with E-state index in [1.807, 2.05) is 0 Å². The van der Waals surface area contributed by atoms with Crippen molar-refractivity contribution in [1.29, 1.82) is 0 Å². The van der Waals surface area contributed by atoms with Gasteiger partial charge in [0.25, 0.3) is 17.3 Å². The summed E-state index contributed by atoms with van der Waals surface area (Å²) in [7, 11) is 0. The number of primary amides is 1. The number of carbonyl (C=O) groups excluding carboxylic acids is 11. The molecule has 95 heavy (non-hydrogen) atoms. The largest absolute Gasteiger partial charge is 0.398 e. The highest BCUT2D eigenvalue weighted by Gasteiger charge is 2.34. The number of unbranched alkanes of at least 4 members (excludes halogenated alkanes) is 1. The van der Waals surface area contributed by atoms with Gasteiger partial charge >= 0.3 is 0 Å². The van der Waals surface area contributed by atoms with Crippen molar-refractivity contribution in [3.05, 3.63) is 122 Å². The number of nitrogen functional groups attached to an aromatic ring is 1. The van der Waals surface area contributed by atoms with E-state index in [2.05, 4.69) is 73.4 Å². The summed E-state index contributed by atoms with van der Waals surface area (Å²) in [6, 6.07) is 9.37. The number of imidazole rings is 1. The van der Waals surface area contributed by atoms with Gasteiger partial charge in [0, 0.05) is 62.5 Å². The van der Waals surface area contributed by atoms with Crippen LogP contribution in [0.2, 0.25) is 0 Å². The van der Waals surface area contributed by atoms with E-state index in [-0.39, 0.29) is 113 Å². The van der Waals surface area contributed by atoms with Crippen molar-refractivity contribution in [2.45, 2.75) is 114 Å². The fourth-order valence-corrected chi connectivity index (χ4v) is 9.19. The molecule has 4 aromatic rings. The first-order chi connectivity index (χ1) is 45.2. The normalized spacial score (nSPS) is 12.7. The van der Waals surface area contributed by atoms with Crippen molar-refractivity contribution in [2.75, 3.05) is 56.9 Å². The Morgan fingerprint density at radius 3 is 1.77 bits per heavy atom. The number of H-pyrrole nitrogens is 1. The number of nitrogens with two attached hydrogens (primary N) is 5. The van der Waals surface area contributed by atoms with E-state index >= 15 is 0 Å². The van der Waals surface area contributed by atoms with Crippen LogP contribution in [0.1, 0.15) is 86.8 Å². The number of amides is 11. The molecule has 514 valence electrons. The molecule has 0 fully saturated rings. The maximum absolute atomic E-state index is 14.5. The maximum atomic E-state index is 14.5. The van der Waals surface area contributed by atoms with Crippen molar-refractivity contribution in [3.8, 4) is 0 Å². The Labute approximate surface area is 545 Å². The molecule has 36 nitrogen and oxygen atoms in total. The monoisotopic (exact) mass is 1330 g/mol. The number of aliphatic imine (C=N–C) groups is 1. The Bertz CT molecular complexity index is 3330. The van der Waals surface area contributed by atoms with Crippen LogP contribution in [0.25, 0.3) is 0 Å². The molecule has 22 N–H and O–H groups in total. The van der Waals surface area contributed by atoms with Crippen LogP contribution in [0.15, 0.2) is 90.3 Å². The molecule has 6 atom stereocenters. The van der Waals surface area contributed by atoms with Crippen LogP contribution in [-0.4, -0.2) is 173 Å². The lowest BCUT2D eigenvalue weighted by molar-refractivity contribution is -0.393. The summed E-state index contributed by atoms with van der Waals surface area (Å²) in [5.41, 5.74) is 28.2. The van der Waals surface area contributed by atoms with Gasteiger partial charge in [-0.1, -0.05) is 56.3 Å². The number of anilines is 2. The van der Waals surface area contributed by atoms with Crippen molar-refractivity contribution >= 4 is 93.7 Å². The highest BCUT2D eigenvalue weighted by atomic mass is 16.6. The Balaban J connectivity index is 1.49. The molecule has 0 aliphatic heterocycles. The molecular weight excluding hydrogens is 1240 g/mol. The Hall–Kier alpha value is -11.3. The number of hydrogen-bond donors (Lipinski definition) is 17. The third-order valence-electron chi connectivity index (χ3n) is 14.0. The van der Waals surface area contributed by atoms with E-state index in [1.165, 1.54) is 24.7 Å². The van der Waals surface area contributed by atoms with Gasteiger partial charge in [-0.3, -0.25) is 78.0 Å². The molecule has 3 aromatic carbocycles. The second kappa shape index (κ2) is 39.8. The van der Waals surface area contributed by atoms with Crippen LogP contribution in [-0.2, 0) is 60.8 Å². The number of para-hydroxylation sites is 1. The smallest absolute Gasteiger partial charge is 0.299 e. The van der Waals surface area contributed by atoms with Crippen molar-refractivity contribution < 1.29 is 62.6 Å². The molecule has 11 amide bonds. The number of nitrogens with zero attached hydrogens (tertiary/aromatic N) is 4. The number of nitro benzene ring substituents is 2. The Kier molecular flexibility index (Phi) is 31.9. The second-order valence-electron chi connectivity index (χ2n) is 22.0. The quantitative estimate of drug-likeness (QED) is 0.00521. The molecule has 0 bridgehead atoms. The van der Waals surface area contributed by atoms with Crippen molar-refractivity contribution in [2.24, 2.45) is 33.8 Å². The molecule has 0 saturated carbocycles. The van der Waals surface area contributed by atoms with Crippen LogP contribution in [0.4, 0.5) is 22.7 Å². The van der Waals surface area contributed by atoms with Gasteiger partial charge in [-0.25, -0.2) is 4.98 Å². The van der Waals surface area contributed by atoms with Gasteiger partial charge in [0.1, 0.15) is 41.9 Å². The van der Waals surface area contributed by atoms with Gasteiger partial charge < -0.3 is 92.1 Å². The van der Waals surface area contributed by atoms with E-state index in [0.717, 1.165) is 18.2 Å². The van der Waals surface area contributed by atoms with Crippen LogP contribution >= 0.6 is 0 Å². The molecule has 1 aromatic heterocycles. The van der Waals surface area contributed by atoms with Gasteiger partial charge in [0.15, 0.2) is 5.96 Å². The first-order valence-electron chi connectivity index (χ1n) is 30.2. The lowest BCUT2D eigenvalue weighted by Gasteiger charge is -2.28.